The maximum atomic E-state index is 12.0. The minimum Gasteiger partial charge on any atom is -0.478 e. The first-order chi connectivity index (χ1) is 8.34. The number of nitrogens with zero attached hydrogens (tertiary/aromatic N) is 1. The van der Waals surface area contributed by atoms with Gasteiger partial charge in [0.2, 0.25) is 5.91 Å². The zero-order valence-corrected chi connectivity index (χ0v) is 11.8. The topological polar surface area (TPSA) is 57.6 Å². The van der Waals surface area contributed by atoms with Crippen LogP contribution in [0.4, 0.5) is 0 Å². The van der Waals surface area contributed by atoms with Gasteiger partial charge in [0, 0.05) is 23.1 Å². The number of hydrogen-bond acceptors (Lipinski definition) is 3. The summed E-state index contributed by atoms with van der Waals surface area (Å²) in [5, 5.41) is 10.8. The van der Waals surface area contributed by atoms with Gasteiger partial charge in [0.1, 0.15) is 0 Å². The van der Waals surface area contributed by atoms with Crippen molar-refractivity contribution in [3.63, 3.8) is 0 Å². The van der Waals surface area contributed by atoms with Crippen molar-refractivity contribution in [3.05, 3.63) is 33.0 Å². The van der Waals surface area contributed by atoms with Gasteiger partial charge < -0.3 is 10.0 Å². The summed E-state index contributed by atoms with van der Waals surface area (Å²) in [5.74, 6) is -1.30. The molecule has 0 spiro atoms. The van der Waals surface area contributed by atoms with Crippen molar-refractivity contribution >= 4 is 23.2 Å². The molecule has 0 aliphatic heterocycles. The third-order valence-electron chi connectivity index (χ3n) is 2.90. The van der Waals surface area contributed by atoms with Crippen molar-refractivity contribution < 1.29 is 14.7 Å². The first-order valence-corrected chi connectivity index (χ1v) is 6.41. The number of thiophene rings is 1. The lowest BCUT2D eigenvalue weighted by Crippen LogP contribution is -2.28. The smallest absolute Gasteiger partial charge is 0.331 e. The number of carbonyl (C=O) groups excluding carboxylic acids is 1. The van der Waals surface area contributed by atoms with E-state index in [0.717, 1.165) is 10.4 Å². The van der Waals surface area contributed by atoms with Crippen molar-refractivity contribution in [2.75, 3.05) is 7.05 Å². The second-order valence-corrected chi connectivity index (χ2v) is 5.24. The molecule has 0 bridgehead atoms. The van der Waals surface area contributed by atoms with Gasteiger partial charge in [0.05, 0.1) is 6.54 Å². The second kappa shape index (κ2) is 5.82. The lowest BCUT2D eigenvalue weighted by atomic mass is 10.1. The van der Waals surface area contributed by atoms with E-state index < -0.39 is 5.97 Å². The quantitative estimate of drug-likeness (QED) is 0.852. The molecule has 0 saturated carbocycles. The molecule has 4 nitrogen and oxygen atoms in total. The highest BCUT2D eigenvalue weighted by Crippen LogP contribution is 2.18. The molecule has 0 aliphatic rings. The SMILES string of the molecule is CC(C(=O)O)=C(C)C(=O)N(C)Cc1sccc1C. The van der Waals surface area contributed by atoms with Crippen molar-refractivity contribution in [1.29, 1.82) is 0 Å². The van der Waals surface area contributed by atoms with Crippen molar-refractivity contribution in [1.82, 2.24) is 4.90 Å². The van der Waals surface area contributed by atoms with Gasteiger partial charge in [-0.1, -0.05) is 0 Å². The first kappa shape index (κ1) is 14.4. The van der Waals surface area contributed by atoms with Gasteiger partial charge in [0.25, 0.3) is 0 Å². The van der Waals surface area contributed by atoms with Crippen LogP contribution in [0, 0.1) is 6.92 Å². The molecule has 5 heteroatoms. The normalized spacial score (nSPS) is 12.0. The standard InChI is InChI=1S/C13H17NO3S/c1-8-5-6-18-11(8)7-14(4)12(15)9(2)10(3)13(16)17/h5-6H,7H2,1-4H3,(H,16,17). The summed E-state index contributed by atoms with van der Waals surface area (Å²) in [7, 11) is 1.68. The number of amides is 1. The maximum absolute atomic E-state index is 12.0. The van der Waals surface area contributed by atoms with Crippen LogP contribution >= 0.6 is 11.3 Å². The molecule has 0 atom stereocenters. The molecule has 1 rings (SSSR count). The number of rotatable bonds is 4. The maximum Gasteiger partial charge on any atom is 0.331 e. The molecule has 1 N–H and O–H groups in total. The van der Waals surface area contributed by atoms with E-state index in [9.17, 15) is 9.59 Å². The molecule has 0 aromatic carbocycles. The van der Waals surface area contributed by atoms with Crippen LogP contribution in [0.2, 0.25) is 0 Å². The van der Waals surface area contributed by atoms with Gasteiger partial charge in [-0.05, 0) is 37.8 Å². The molecule has 0 radical (unpaired) electrons. The Kier molecular flexibility index (Phi) is 4.67. The van der Waals surface area contributed by atoms with E-state index in [1.165, 1.54) is 6.92 Å². The predicted octanol–water partition coefficient (Wildman–Crippen LogP) is 2.44. The molecule has 1 aromatic rings. The number of carboxylic acid groups (broad SMARTS) is 1. The molecule has 1 heterocycles. The number of carboxylic acids is 1. The number of likely N-dealkylation sites (N-methyl/N-ethyl adjacent to an activating group) is 1. The lowest BCUT2D eigenvalue weighted by Gasteiger charge is -2.18. The molecule has 1 aromatic heterocycles. The van der Waals surface area contributed by atoms with E-state index in [1.807, 2.05) is 18.4 Å². The van der Waals surface area contributed by atoms with Gasteiger partial charge in [-0.15, -0.1) is 11.3 Å². The molecule has 0 aliphatic carbocycles. The first-order valence-electron chi connectivity index (χ1n) is 5.53. The van der Waals surface area contributed by atoms with E-state index in [1.54, 1.807) is 30.2 Å². The van der Waals surface area contributed by atoms with E-state index >= 15 is 0 Å². The molecular weight excluding hydrogens is 250 g/mol. The zero-order valence-electron chi connectivity index (χ0n) is 11.0. The number of hydrogen-bond donors (Lipinski definition) is 1. The van der Waals surface area contributed by atoms with E-state index in [-0.39, 0.29) is 17.1 Å². The number of carbonyl (C=O) groups is 2. The third-order valence-corrected chi connectivity index (χ3v) is 3.91. The second-order valence-electron chi connectivity index (χ2n) is 4.24. The van der Waals surface area contributed by atoms with Crippen LogP contribution in [-0.4, -0.2) is 28.9 Å². The number of aliphatic carboxylic acids is 1. The van der Waals surface area contributed by atoms with Crippen LogP contribution in [0.1, 0.15) is 24.3 Å². The molecular formula is C13H17NO3S. The third kappa shape index (κ3) is 3.20. The summed E-state index contributed by atoms with van der Waals surface area (Å²) in [6.07, 6.45) is 0. The average Bonchev–Trinajstić information content (AvgIpc) is 2.71. The summed E-state index contributed by atoms with van der Waals surface area (Å²) in [4.78, 5) is 25.5. The largest absolute Gasteiger partial charge is 0.478 e. The van der Waals surface area contributed by atoms with E-state index in [0.29, 0.717) is 6.54 Å². The fourth-order valence-electron chi connectivity index (χ4n) is 1.46. The Labute approximate surface area is 111 Å². The fourth-order valence-corrected chi connectivity index (χ4v) is 2.42. The van der Waals surface area contributed by atoms with Crippen LogP contribution in [0.25, 0.3) is 0 Å². The Hall–Kier alpha value is -1.62. The van der Waals surface area contributed by atoms with Crippen molar-refractivity contribution in [2.45, 2.75) is 27.3 Å². The molecule has 0 fully saturated rings. The van der Waals surface area contributed by atoms with Gasteiger partial charge in [-0.3, -0.25) is 4.79 Å². The van der Waals surface area contributed by atoms with Crippen LogP contribution < -0.4 is 0 Å². The van der Waals surface area contributed by atoms with Crippen LogP contribution in [0.3, 0.4) is 0 Å². The number of aryl methyl sites for hydroxylation is 1. The zero-order chi connectivity index (χ0) is 13.9. The summed E-state index contributed by atoms with van der Waals surface area (Å²) in [6, 6.07) is 2.00. The average molecular weight is 267 g/mol. The highest BCUT2D eigenvalue weighted by atomic mass is 32.1. The Bertz CT molecular complexity index is 502. The highest BCUT2D eigenvalue weighted by molar-refractivity contribution is 7.10. The Morgan fingerprint density at radius 3 is 2.39 bits per heavy atom. The molecule has 18 heavy (non-hydrogen) atoms. The van der Waals surface area contributed by atoms with Crippen molar-refractivity contribution in [2.24, 2.45) is 0 Å². The van der Waals surface area contributed by atoms with E-state index in [2.05, 4.69) is 0 Å². The minimum atomic E-state index is -1.05. The Balaban J connectivity index is 2.83. The highest BCUT2D eigenvalue weighted by Gasteiger charge is 2.17. The molecule has 0 saturated heterocycles. The summed E-state index contributed by atoms with van der Waals surface area (Å²) in [5.41, 5.74) is 1.52. The van der Waals surface area contributed by atoms with Gasteiger partial charge in [0.15, 0.2) is 0 Å². The Morgan fingerprint density at radius 1 is 1.33 bits per heavy atom. The van der Waals surface area contributed by atoms with Gasteiger partial charge >= 0.3 is 5.97 Å². The summed E-state index contributed by atoms with van der Waals surface area (Å²) >= 11 is 1.60. The van der Waals surface area contributed by atoms with E-state index in [4.69, 9.17) is 5.11 Å². The molecule has 1 amide bonds. The molecule has 98 valence electrons. The minimum absolute atomic E-state index is 0.0924. The van der Waals surface area contributed by atoms with Gasteiger partial charge in [-0.25, -0.2) is 4.79 Å². The summed E-state index contributed by atoms with van der Waals surface area (Å²) < 4.78 is 0. The monoisotopic (exact) mass is 267 g/mol. The van der Waals surface area contributed by atoms with Crippen LogP contribution in [-0.2, 0) is 16.1 Å². The Morgan fingerprint density at radius 2 is 1.94 bits per heavy atom. The van der Waals surface area contributed by atoms with Crippen molar-refractivity contribution in [3.8, 4) is 0 Å². The van der Waals surface area contributed by atoms with Gasteiger partial charge in [-0.2, -0.15) is 0 Å². The predicted molar refractivity (Wildman–Crippen MR) is 71.5 cm³/mol. The lowest BCUT2D eigenvalue weighted by molar-refractivity contribution is -0.133. The molecule has 0 unspecified atom stereocenters. The van der Waals surface area contributed by atoms with Crippen LogP contribution in [0.5, 0.6) is 0 Å². The van der Waals surface area contributed by atoms with Crippen LogP contribution in [0.15, 0.2) is 22.6 Å². The fraction of sp³-hybridized carbons (Fsp3) is 0.385. The summed E-state index contributed by atoms with van der Waals surface area (Å²) in [6.45, 7) is 5.49.